The molecule has 25 heavy (non-hydrogen) atoms. The summed E-state index contributed by atoms with van der Waals surface area (Å²) in [4.78, 5) is 13.0. The summed E-state index contributed by atoms with van der Waals surface area (Å²) in [5, 5.41) is 1.28. The molecule has 0 unspecified atom stereocenters. The second kappa shape index (κ2) is 5.59. The Balaban J connectivity index is 2.03. The van der Waals surface area contributed by atoms with Crippen LogP contribution in [0.1, 0.15) is 30.5 Å². The van der Waals surface area contributed by atoms with Crippen molar-refractivity contribution in [1.82, 2.24) is 0 Å². The van der Waals surface area contributed by atoms with Gasteiger partial charge < -0.3 is 4.42 Å². The maximum atomic E-state index is 13.0. The van der Waals surface area contributed by atoms with Crippen LogP contribution in [0.2, 0.25) is 0 Å². The van der Waals surface area contributed by atoms with Crippen molar-refractivity contribution >= 4 is 21.9 Å². The first-order valence-corrected chi connectivity index (χ1v) is 8.51. The van der Waals surface area contributed by atoms with Gasteiger partial charge in [-0.05, 0) is 41.8 Å². The summed E-state index contributed by atoms with van der Waals surface area (Å²) >= 11 is 0. The Morgan fingerprint density at radius 2 is 1.48 bits per heavy atom. The van der Waals surface area contributed by atoms with Crippen molar-refractivity contribution in [2.24, 2.45) is 0 Å². The molecule has 0 spiro atoms. The minimum absolute atomic E-state index is 0.0330. The van der Waals surface area contributed by atoms with Crippen LogP contribution in [0.5, 0.6) is 0 Å². The van der Waals surface area contributed by atoms with Gasteiger partial charge in [0.2, 0.25) is 5.43 Å². The molecular formula is C23H20O2. The molecular weight excluding hydrogens is 308 g/mol. The summed E-state index contributed by atoms with van der Waals surface area (Å²) in [6, 6.07) is 21.9. The topological polar surface area (TPSA) is 30.2 Å². The molecule has 1 heterocycles. The number of hydrogen-bond acceptors (Lipinski definition) is 2. The second-order valence-electron chi connectivity index (χ2n) is 7.09. The summed E-state index contributed by atoms with van der Waals surface area (Å²) in [7, 11) is 0. The first-order chi connectivity index (χ1) is 12.0. The van der Waals surface area contributed by atoms with E-state index >= 15 is 0 Å². The van der Waals surface area contributed by atoms with E-state index in [2.05, 4.69) is 32.0 Å². The van der Waals surface area contributed by atoms with E-state index in [4.69, 9.17) is 4.42 Å². The maximum Gasteiger partial charge on any atom is 0.200 e. The van der Waals surface area contributed by atoms with Gasteiger partial charge in [0.05, 0.1) is 10.8 Å². The van der Waals surface area contributed by atoms with Crippen LogP contribution < -0.4 is 5.43 Å². The van der Waals surface area contributed by atoms with Crippen molar-refractivity contribution in [2.45, 2.75) is 26.2 Å². The molecule has 2 nitrogen and oxygen atoms in total. The Hall–Kier alpha value is -2.87. The molecule has 3 aromatic carbocycles. The fraction of sp³-hybridized carbons (Fsp3) is 0.174. The van der Waals surface area contributed by atoms with E-state index in [-0.39, 0.29) is 10.8 Å². The molecule has 0 fully saturated rings. The molecule has 124 valence electrons. The summed E-state index contributed by atoms with van der Waals surface area (Å²) in [5.41, 5.74) is 4.47. The predicted molar refractivity (Wildman–Crippen MR) is 103 cm³/mol. The molecule has 4 aromatic rings. The number of hydrogen-bond donors (Lipinski definition) is 0. The lowest BCUT2D eigenvalue weighted by Gasteiger charge is -2.27. The largest absolute Gasteiger partial charge is 0.456 e. The van der Waals surface area contributed by atoms with Crippen LogP contribution >= 0.6 is 0 Å². The van der Waals surface area contributed by atoms with Gasteiger partial charge >= 0.3 is 0 Å². The summed E-state index contributed by atoms with van der Waals surface area (Å²) in [6.45, 7) is 6.38. The first kappa shape index (κ1) is 15.6. The third kappa shape index (κ3) is 2.45. The Labute approximate surface area is 146 Å². The number of aryl methyl sites for hydroxylation is 1. The zero-order valence-electron chi connectivity index (χ0n) is 14.7. The molecule has 0 aliphatic carbocycles. The van der Waals surface area contributed by atoms with Gasteiger partial charge in [0.1, 0.15) is 11.2 Å². The molecule has 0 aliphatic rings. The number of rotatable bonds is 2. The van der Waals surface area contributed by atoms with Crippen molar-refractivity contribution in [2.75, 3.05) is 0 Å². The van der Waals surface area contributed by atoms with Crippen LogP contribution in [0.4, 0.5) is 0 Å². The zero-order chi connectivity index (χ0) is 17.6. The van der Waals surface area contributed by atoms with E-state index in [0.717, 1.165) is 11.1 Å². The minimum atomic E-state index is -0.196. The van der Waals surface area contributed by atoms with Gasteiger partial charge in [-0.1, -0.05) is 62.4 Å². The summed E-state index contributed by atoms with van der Waals surface area (Å²) in [5.74, 6) is 0. The van der Waals surface area contributed by atoms with Gasteiger partial charge in [-0.2, -0.15) is 0 Å². The Morgan fingerprint density at radius 3 is 2.24 bits per heavy atom. The molecule has 0 N–H and O–H groups in total. The molecule has 0 saturated heterocycles. The third-order valence-electron chi connectivity index (χ3n) is 5.08. The van der Waals surface area contributed by atoms with Crippen LogP contribution in [-0.4, -0.2) is 0 Å². The van der Waals surface area contributed by atoms with E-state index in [9.17, 15) is 4.79 Å². The van der Waals surface area contributed by atoms with E-state index < -0.39 is 0 Å². The quantitative estimate of drug-likeness (QED) is 0.450. The molecule has 1 aromatic heterocycles. The SMILES string of the molecule is Cc1cc(C(C)(C)c2ccccc2)cc2c(=O)c3ccccc3oc12. The second-order valence-corrected chi connectivity index (χ2v) is 7.09. The third-order valence-corrected chi connectivity index (χ3v) is 5.08. The maximum absolute atomic E-state index is 13.0. The highest BCUT2D eigenvalue weighted by Gasteiger charge is 2.24. The van der Waals surface area contributed by atoms with E-state index in [0.29, 0.717) is 21.9 Å². The lowest BCUT2D eigenvalue weighted by molar-refractivity contribution is 0.635. The normalized spacial score (nSPS) is 12.0. The van der Waals surface area contributed by atoms with Gasteiger partial charge in [0.25, 0.3) is 0 Å². The molecule has 0 bridgehead atoms. The number of para-hydroxylation sites is 1. The number of benzene rings is 3. The molecule has 4 rings (SSSR count). The van der Waals surface area contributed by atoms with E-state index in [1.165, 1.54) is 5.56 Å². The highest BCUT2D eigenvalue weighted by Crippen LogP contribution is 2.34. The highest BCUT2D eigenvalue weighted by molar-refractivity contribution is 5.91. The van der Waals surface area contributed by atoms with Crippen LogP contribution in [0, 0.1) is 6.92 Å². The molecule has 0 amide bonds. The smallest absolute Gasteiger partial charge is 0.200 e. The van der Waals surface area contributed by atoms with Crippen molar-refractivity contribution in [3.63, 3.8) is 0 Å². The lowest BCUT2D eigenvalue weighted by atomic mass is 9.77. The van der Waals surface area contributed by atoms with Gasteiger partial charge in [0.15, 0.2) is 0 Å². The zero-order valence-corrected chi connectivity index (χ0v) is 14.7. The van der Waals surface area contributed by atoms with Gasteiger partial charge in [-0.15, -0.1) is 0 Å². The fourth-order valence-corrected chi connectivity index (χ4v) is 3.46. The fourth-order valence-electron chi connectivity index (χ4n) is 3.46. The molecule has 0 saturated carbocycles. The van der Waals surface area contributed by atoms with Gasteiger partial charge in [-0.25, -0.2) is 0 Å². The van der Waals surface area contributed by atoms with Crippen molar-refractivity contribution in [1.29, 1.82) is 0 Å². The minimum Gasteiger partial charge on any atom is -0.456 e. The molecule has 2 heteroatoms. The van der Waals surface area contributed by atoms with Crippen molar-refractivity contribution < 1.29 is 4.42 Å². The first-order valence-electron chi connectivity index (χ1n) is 8.51. The van der Waals surface area contributed by atoms with E-state index in [1.807, 2.05) is 55.5 Å². The summed E-state index contributed by atoms with van der Waals surface area (Å²) in [6.07, 6.45) is 0. The Kier molecular flexibility index (Phi) is 3.50. The highest BCUT2D eigenvalue weighted by atomic mass is 16.3. The number of fused-ring (bicyclic) bond motifs is 2. The Bertz CT molecular complexity index is 1140. The van der Waals surface area contributed by atoms with Crippen molar-refractivity contribution in [3.8, 4) is 0 Å². The van der Waals surface area contributed by atoms with Gasteiger partial charge in [0, 0.05) is 5.41 Å². The molecule has 0 radical (unpaired) electrons. The van der Waals surface area contributed by atoms with E-state index in [1.54, 1.807) is 0 Å². The predicted octanol–water partition coefficient (Wildman–Crippen LogP) is 5.58. The molecule has 0 atom stereocenters. The van der Waals surface area contributed by atoms with Crippen LogP contribution in [0.15, 0.2) is 75.9 Å². The van der Waals surface area contributed by atoms with Crippen molar-refractivity contribution in [3.05, 3.63) is 93.6 Å². The van der Waals surface area contributed by atoms with Gasteiger partial charge in [-0.3, -0.25) is 4.79 Å². The van der Waals surface area contributed by atoms with Crippen LogP contribution in [0.3, 0.4) is 0 Å². The monoisotopic (exact) mass is 328 g/mol. The lowest BCUT2D eigenvalue weighted by Crippen LogP contribution is -2.19. The average molecular weight is 328 g/mol. The molecule has 0 aliphatic heterocycles. The standard InChI is InChI=1S/C23H20O2/c1-15-13-17(23(2,3)16-9-5-4-6-10-16)14-19-21(24)18-11-7-8-12-20(18)25-22(15)19/h4-14H,1-3H3. The van der Waals surface area contributed by atoms with Crippen LogP contribution in [0.25, 0.3) is 21.9 Å². The Morgan fingerprint density at radius 1 is 0.800 bits per heavy atom. The summed E-state index contributed by atoms with van der Waals surface area (Å²) < 4.78 is 6.03. The van der Waals surface area contributed by atoms with Crippen LogP contribution in [-0.2, 0) is 5.41 Å². The average Bonchev–Trinajstić information content (AvgIpc) is 2.63.